The number of rotatable bonds is 2. The first-order valence-electron chi connectivity index (χ1n) is 4.92. The van der Waals surface area contributed by atoms with Crippen molar-refractivity contribution < 1.29 is 13.4 Å². The van der Waals surface area contributed by atoms with E-state index in [1.54, 1.807) is 13.0 Å². The van der Waals surface area contributed by atoms with Crippen LogP contribution in [0.1, 0.15) is 29.8 Å². The van der Waals surface area contributed by atoms with E-state index in [0.717, 1.165) is 0 Å². The van der Waals surface area contributed by atoms with E-state index in [2.05, 4.69) is 4.72 Å². The van der Waals surface area contributed by atoms with Crippen molar-refractivity contribution in [2.24, 2.45) is 0 Å². The van der Waals surface area contributed by atoms with Gasteiger partial charge in [0.05, 0.1) is 5.56 Å². The second-order valence-corrected chi connectivity index (χ2v) is 3.93. The van der Waals surface area contributed by atoms with Crippen molar-refractivity contribution in [2.75, 3.05) is 6.26 Å². The predicted molar refractivity (Wildman–Crippen MR) is 64.0 cm³/mol. The molecule has 0 aromatic heterocycles. The van der Waals surface area contributed by atoms with Crippen molar-refractivity contribution in [2.45, 2.75) is 20.8 Å². The van der Waals surface area contributed by atoms with Crippen LogP contribution in [0, 0.1) is 12.7 Å². The number of benzene rings is 1. The number of nitrogens with one attached hydrogen (secondary N) is 1. The number of halogens is 1. The molecule has 1 rings (SSSR count). The lowest BCUT2D eigenvalue weighted by Gasteiger charge is -2.05. The molecule has 0 heterocycles. The molecule has 0 spiro atoms. The molecule has 0 saturated carbocycles. The maximum Gasteiger partial charge on any atom is 0.266 e. The highest BCUT2D eigenvalue weighted by atomic mass is 32.2. The van der Waals surface area contributed by atoms with Gasteiger partial charge in [0, 0.05) is 6.26 Å². The predicted octanol–water partition coefficient (Wildman–Crippen LogP) is 2.18. The van der Waals surface area contributed by atoms with Crippen LogP contribution in [0.15, 0.2) is 18.2 Å². The average Bonchev–Trinajstić information content (AvgIpc) is 2.19. The molecule has 0 bridgehead atoms. The summed E-state index contributed by atoms with van der Waals surface area (Å²) in [5.74, 6) is -1.26. The van der Waals surface area contributed by atoms with Crippen LogP contribution in [0.2, 0.25) is 0 Å². The van der Waals surface area contributed by atoms with Gasteiger partial charge in [0.25, 0.3) is 5.91 Å². The van der Waals surface area contributed by atoms with Gasteiger partial charge in [-0.25, -0.2) is 8.60 Å². The lowest BCUT2D eigenvalue weighted by Crippen LogP contribution is -2.26. The third kappa shape index (κ3) is 4.10. The van der Waals surface area contributed by atoms with Crippen LogP contribution < -0.4 is 4.72 Å². The van der Waals surface area contributed by atoms with Gasteiger partial charge >= 0.3 is 0 Å². The Labute approximate surface area is 97.6 Å². The number of carbonyl (C=O) groups is 1. The van der Waals surface area contributed by atoms with Crippen LogP contribution >= 0.6 is 0 Å². The molecule has 1 aromatic rings. The van der Waals surface area contributed by atoms with Gasteiger partial charge in [-0.3, -0.25) is 9.52 Å². The molecular weight excluding hydrogens is 229 g/mol. The standard InChI is InChI=1S/C9H10FNO2S.C2H6/c1-6-4-3-5-7(10)8(6)9(12)11-14(2)13;1-2/h3-5H,1-2H3,(H,11,12);1-2H3. The summed E-state index contributed by atoms with van der Waals surface area (Å²) in [6, 6.07) is 4.33. The number of hydrogen-bond acceptors (Lipinski definition) is 2. The van der Waals surface area contributed by atoms with Gasteiger partial charge in [-0.1, -0.05) is 26.0 Å². The molecule has 1 aromatic carbocycles. The maximum absolute atomic E-state index is 13.2. The summed E-state index contributed by atoms with van der Waals surface area (Å²) >= 11 is 0. The van der Waals surface area contributed by atoms with Crippen LogP contribution in [0.4, 0.5) is 4.39 Å². The molecule has 0 radical (unpaired) electrons. The average molecular weight is 245 g/mol. The minimum atomic E-state index is -1.48. The Hall–Kier alpha value is -1.23. The van der Waals surface area contributed by atoms with E-state index in [4.69, 9.17) is 0 Å². The molecule has 3 nitrogen and oxygen atoms in total. The third-order valence-corrected chi connectivity index (χ3v) is 2.16. The van der Waals surface area contributed by atoms with Gasteiger partial charge in [-0.05, 0) is 18.6 Å². The maximum atomic E-state index is 13.2. The summed E-state index contributed by atoms with van der Waals surface area (Å²) in [6.45, 7) is 5.62. The van der Waals surface area contributed by atoms with Gasteiger partial charge in [0.2, 0.25) is 0 Å². The first-order valence-corrected chi connectivity index (χ1v) is 6.47. The fourth-order valence-electron chi connectivity index (χ4n) is 1.10. The summed E-state index contributed by atoms with van der Waals surface area (Å²) in [5, 5.41) is 0. The molecule has 0 aliphatic carbocycles. The van der Waals surface area contributed by atoms with E-state index >= 15 is 0 Å². The van der Waals surface area contributed by atoms with E-state index in [1.165, 1.54) is 18.4 Å². The highest BCUT2D eigenvalue weighted by molar-refractivity contribution is 7.82. The summed E-state index contributed by atoms with van der Waals surface area (Å²) in [5.41, 5.74) is 0.468. The van der Waals surface area contributed by atoms with Crippen molar-refractivity contribution in [1.29, 1.82) is 0 Å². The van der Waals surface area contributed by atoms with E-state index in [-0.39, 0.29) is 5.56 Å². The molecule has 1 N–H and O–H groups in total. The van der Waals surface area contributed by atoms with Crippen molar-refractivity contribution in [3.05, 3.63) is 35.1 Å². The quantitative estimate of drug-likeness (QED) is 0.868. The zero-order valence-electron chi connectivity index (χ0n) is 9.83. The molecule has 1 atom stereocenters. The largest absolute Gasteiger partial charge is 0.271 e. The number of amides is 1. The minimum absolute atomic E-state index is 0.0531. The first-order chi connectivity index (χ1) is 7.52. The molecule has 16 heavy (non-hydrogen) atoms. The van der Waals surface area contributed by atoms with Gasteiger partial charge in [0.1, 0.15) is 16.8 Å². The SMILES string of the molecule is CC.Cc1cccc(F)c1C(=O)NS(C)=O. The molecule has 0 fully saturated rings. The van der Waals surface area contributed by atoms with E-state index in [0.29, 0.717) is 5.56 Å². The number of carbonyl (C=O) groups excluding carboxylic acids is 1. The Balaban J connectivity index is 0.00000106. The highest BCUT2D eigenvalue weighted by Crippen LogP contribution is 2.12. The molecule has 0 saturated heterocycles. The topological polar surface area (TPSA) is 46.2 Å². The lowest BCUT2D eigenvalue weighted by molar-refractivity contribution is 0.0978. The molecule has 5 heteroatoms. The van der Waals surface area contributed by atoms with Crippen molar-refractivity contribution in [3.8, 4) is 0 Å². The summed E-state index contributed by atoms with van der Waals surface area (Å²) < 4.78 is 26.0. The zero-order valence-corrected chi connectivity index (χ0v) is 10.7. The van der Waals surface area contributed by atoms with Crippen LogP contribution in [0.5, 0.6) is 0 Å². The van der Waals surface area contributed by atoms with E-state index < -0.39 is 22.7 Å². The Kier molecular flexibility index (Phi) is 6.56. The van der Waals surface area contributed by atoms with Crippen LogP contribution in [-0.2, 0) is 11.0 Å². The molecule has 90 valence electrons. The van der Waals surface area contributed by atoms with Crippen molar-refractivity contribution in [1.82, 2.24) is 4.72 Å². The Morgan fingerprint density at radius 2 is 1.94 bits per heavy atom. The zero-order chi connectivity index (χ0) is 12.7. The molecular formula is C11H16FNO2S. The molecule has 0 aliphatic rings. The molecule has 1 amide bonds. The van der Waals surface area contributed by atoms with Crippen LogP contribution in [0.3, 0.4) is 0 Å². The third-order valence-electron chi connectivity index (χ3n) is 1.69. The lowest BCUT2D eigenvalue weighted by atomic mass is 10.1. The fraction of sp³-hybridized carbons (Fsp3) is 0.364. The number of aryl methyl sites for hydroxylation is 1. The fourth-order valence-corrected chi connectivity index (χ4v) is 1.46. The summed E-state index contributed by atoms with van der Waals surface area (Å²) in [4.78, 5) is 11.4. The van der Waals surface area contributed by atoms with Crippen LogP contribution in [-0.4, -0.2) is 16.4 Å². The van der Waals surface area contributed by atoms with Gasteiger partial charge in [0.15, 0.2) is 0 Å². The van der Waals surface area contributed by atoms with E-state index in [9.17, 15) is 13.4 Å². The molecule has 1 unspecified atom stereocenters. The summed E-state index contributed by atoms with van der Waals surface area (Å²) in [6.07, 6.45) is 1.31. The number of hydrogen-bond donors (Lipinski definition) is 1. The monoisotopic (exact) mass is 245 g/mol. The minimum Gasteiger partial charge on any atom is -0.271 e. The summed E-state index contributed by atoms with van der Waals surface area (Å²) in [7, 11) is -1.48. The molecule has 0 aliphatic heterocycles. The van der Waals surface area contributed by atoms with E-state index in [1.807, 2.05) is 13.8 Å². The smallest absolute Gasteiger partial charge is 0.266 e. The second-order valence-electron chi connectivity index (χ2n) is 2.82. The van der Waals surface area contributed by atoms with Crippen molar-refractivity contribution >= 4 is 16.9 Å². The van der Waals surface area contributed by atoms with Gasteiger partial charge in [-0.15, -0.1) is 0 Å². The van der Waals surface area contributed by atoms with Crippen LogP contribution in [0.25, 0.3) is 0 Å². The first kappa shape index (κ1) is 14.8. The Bertz CT molecular complexity index is 373. The Morgan fingerprint density at radius 3 is 2.38 bits per heavy atom. The van der Waals surface area contributed by atoms with Crippen molar-refractivity contribution in [3.63, 3.8) is 0 Å². The van der Waals surface area contributed by atoms with Gasteiger partial charge in [-0.2, -0.15) is 0 Å². The highest BCUT2D eigenvalue weighted by Gasteiger charge is 2.14. The second kappa shape index (κ2) is 7.11. The Morgan fingerprint density at radius 1 is 1.38 bits per heavy atom. The normalized spacial score (nSPS) is 11.1. The van der Waals surface area contributed by atoms with Gasteiger partial charge < -0.3 is 0 Å².